The van der Waals surface area contributed by atoms with Gasteiger partial charge in [0.2, 0.25) is 0 Å². The van der Waals surface area contributed by atoms with Crippen molar-refractivity contribution in [2.45, 2.75) is 0 Å². The van der Waals surface area contributed by atoms with Gasteiger partial charge in [0.15, 0.2) is 0 Å². The minimum atomic E-state index is -2.55. The molecule has 0 spiro atoms. The van der Waals surface area contributed by atoms with Crippen molar-refractivity contribution < 1.29 is 17.7 Å². The Morgan fingerprint density at radius 2 is 1.92 bits per heavy atom. The Kier molecular flexibility index (Phi) is 2.95. The number of hydrogen-bond acceptors (Lipinski definition) is 3. The second kappa shape index (κ2) is 3.99. The summed E-state index contributed by atoms with van der Waals surface area (Å²) in [6.07, 6.45) is 0. The normalized spacial score (nSPS) is 12.1. The maximum absolute atomic E-state index is 10.9. The predicted molar refractivity (Wildman–Crippen MR) is 42.6 cm³/mol. The zero-order chi connectivity index (χ0) is 8.97. The molecule has 1 aromatic carbocycles. The van der Waals surface area contributed by atoms with E-state index in [1.165, 1.54) is 12.1 Å². The molecule has 0 bridgehead atoms. The lowest BCUT2D eigenvalue weighted by atomic mass is 10.2. The van der Waals surface area contributed by atoms with E-state index in [1.807, 2.05) is 0 Å². The van der Waals surface area contributed by atoms with Gasteiger partial charge in [0, 0.05) is 0 Å². The van der Waals surface area contributed by atoms with Gasteiger partial charge in [-0.3, -0.25) is 4.55 Å². The Morgan fingerprint density at radius 3 is 2.42 bits per heavy atom. The zero-order valence-corrected chi connectivity index (χ0v) is 6.78. The van der Waals surface area contributed by atoms with E-state index in [1.54, 1.807) is 18.2 Å². The molecule has 0 aliphatic rings. The first kappa shape index (κ1) is 8.89. The molecule has 0 aliphatic heterocycles. The molecular weight excluding hydrogens is 180 g/mol. The van der Waals surface area contributed by atoms with Crippen molar-refractivity contribution >= 4 is 17.3 Å². The van der Waals surface area contributed by atoms with E-state index in [-0.39, 0.29) is 5.56 Å². The molecule has 0 saturated carbocycles. The molecular formula is C7H6O4S. The summed E-state index contributed by atoms with van der Waals surface area (Å²) in [5.74, 6) is -0.809. The summed E-state index contributed by atoms with van der Waals surface area (Å²) >= 11 is -2.55. The zero-order valence-electron chi connectivity index (χ0n) is 5.97. The molecule has 1 atom stereocenters. The highest BCUT2D eigenvalue weighted by Gasteiger charge is 2.08. The van der Waals surface area contributed by atoms with E-state index in [4.69, 9.17) is 4.55 Å². The number of rotatable bonds is 2. The average Bonchev–Trinajstić information content (AvgIpc) is 2.05. The highest BCUT2D eigenvalue weighted by atomic mass is 32.2. The van der Waals surface area contributed by atoms with E-state index in [0.717, 1.165) is 0 Å². The highest BCUT2D eigenvalue weighted by Crippen LogP contribution is 2.01. The summed E-state index contributed by atoms with van der Waals surface area (Å²) in [4.78, 5) is 10.9. The Balaban J connectivity index is 2.73. The number of carbonyl (C=O) groups is 1. The minimum absolute atomic E-state index is 0.250. The Bertz CT molecular complexity index is 296. The molecule has 1 unspecified atom stereocenters. The monoisotopic (exact) mass is 186 g/mol. The minimum Gasteiger partial charge on any atom is -0.339 e. The average molecular weight is 186 g/mol. The van der Waals surface area contributed by atoms with E-state index >= 15 is 0 Å². The van der Waals surface area contributed by atoms with Crippen molar-refractivity contribution in [3.8, 4) is 0 Å². The summed E-state index contributed by atoms with van der Waals surface area (Å²) < 4.78 is 22.3. The van der Waals surface area contributed by atoms with Gasteiger partial charge in [0.1, 0.15) is 0 Å². The third-order valence-electron chi connectivity index (χ3n) is 1.16. The molecule has 0 fully saturated rings. The molecule has 64 valence electrons. The van der Waals surface area contributed by atoms with Gasteiger partial charge >= 0.3 is 17.3 Å². The lowest BCUT2D eigenvalue weighted by Gasteiger charge is -1.96. The van der Waals surface area contributed by atoms with Crippen LogP contribution in [-0.2, 0) is 15.5 Å². The highest BCUT2D eigenvalue weighted by molar-refractivity contribution is 7.74. The molecule has 5 heteroatoms. The number of carbonyl (C=O) groups excluding carboxylic acids is 1. The van der Waals surface area contributed by atoms with Crippen LogP contribution >= 0.6 is 0 Å². The summed E-state index contributed by atoms with van der Waals surface area (Å²) in [5, 5.41) is 0. The first-order valence-electron chi connectivity index (χ1n) is 3.08. The summed E-state index contributed by atoms with van der Waals surface area (Å²) in [7, 11) is 0. The molecule has 0 radical (unpaired) electrons. The van der Waals surface area contributed by atoms with Crippen molar-refractivity contribution in [2.75, 3.05) is 0 Å². The van der Waals surface area contributed by atoms with Crippen LogP contribution in [0.1, 0.15) is 10.4 Å². The first-order valence-corrected chi connectivity index (χ1v) is 4.12. The smallest absolute Gasteiger partial charge is 0.339 e. The SMILES string of the molecule is O=C(OS(=O)O)c1ccccc1. The van der Waals surface area contributed by atoms with Crippen molar-refractivity contribution in [3.63, 3.8) is 0 Å². The van der Waals surface area contributed by atoms with Gasteiger partial charge < -0.3 is 4.18 Å². The largest absolute Gasteiger partial charge is 0.360 e. The maximum Gasteiger partial charge on any atom is 0.360 e. The number of hydrogen-bond donors (Lipinski definition) is 1. The van der Waals surface area contributed by atoms with Gasteiger partial charge in [-0.1, -0.05) is 18.2 Å². The quantitative estimate of drug-likeness (QED) is 0.699. The molecule has 0 aliphatic carbocycles. The van der Waals surface area contributed by atoms with Crippen LogP contribution < -0.4 is 0 Å². The fourth-order valence-corrected chi connectivity index (χ4v) is 0.913. The van der Waals surface area contributed by atoms with E-state index in [2.05, 4.69) is 4.18 Å². The van der Waals surface area contributed by atoms with Crippen LogP contribution in [0.2, 0.25) is 0 Å². The van der Waals surface area contributed by atoms with Crippen molar-refractivity contribution in [1.82, 2.24) is 0 Å². The molecule has 0 heterocycles. The molecule has 1 N–H and O–H groups in total. The Hall–Kier alpha value is -1.20. The van der Waals surface area contributed by atoms with E-state index in [9.17, 15) is 9.00 Å². The van der Waals surface area contributed by atoms with Gasteiger partial charge in [0.05, 0.1) is 5.56 Å². The van der Waals surface area contributed by atoms with Crippen LogP contribution in [0, 0.1) is 0 Å². The van der Waals surface area contributed by atoms with Gasteiger partial charge in [-0.2, -0.15) is 4.21 Å². The summed E-state index contributed by atoms with van der Waals surface area (Å²) in [5.41, 5.74) is 0.250. The van der Waals surface area contributed by atoms with Crippen molar-refractivity contribution in [2.24, 2.45) is 0 Å². The lowest BCUT2D eigenvalue weighted by molar-refractivity contribution is 0.0743. The van der Waals surface area contributed by atoms with Gasteiger partial charge in [0.25, 0.3) is 0 Å². The Morgan fingerprint density at radius 1 is 1.33 bits per heavy atom. The molecule has 1 aromatic rings. The molecule has 12 heavy (non-hydrogen) atoms. The molecule has 0 amide bonds. The van der Waals surface area contributed by atoms with Crippen molar-refractivity contribution in [1.29, 1.82) is 0 Å². The third-order valence-corrected chi connectivity index (χ3v) is 1.45. The van der Waals surface area contributed by atoms with Gasteiger partial charge in [-0.05, 0) is 12.1 Å². The summed E-state index contributed by atoms with van der Waals surface area (Å²) in [6, 6.07) is 7.99. The predicted octanol–water partition coefficient (Wildman–Crippen LogP) is 0.980. The second-order valence-electron chi connectivity index (χ2n) is 1.95. The molecule has 4 nitrogen and oxygen atoms in total. The summed E-state index contributed by atoms with van der Waals surface area (Å²) in [6.45, 7) is 0. The van der Waals surface area contributed by atoms with Gasteiger partial charge in [-0.15, -0.1) is 0 Å². The fraction of sp³-hybridized carbons (Fsp3) is 0. The third kappa shape index (κ3) is 2.44. The van der Waals surface area contributed by atoms with Gasteiger partial charge in [-0.25, -0.2) is 4.79 Å². The van der Waals surface area contributed by atoms with Crippen LogP contribution in [0.5, 0.6) is 0 Å². The fourth-order valence-electron chi connectivity index (χ4n) is 0.687. The molecule has 0 aromatic heterocycles. The van der Waals surface area contributed by atoms with Crippen LogP contribution in [0.4, 0.5) is 0 Å². The van der Waals surface area contributed by atoms with Crippen LogP contribution in [0.3, 0.4) is 0 Å². The molecule has 0 saturated heterocycles. The van der Waals surface area contributed by atoms with Crippen LogP contribution in [-0.4, -0.2) is 14.7 Å². The second-order valence-corrected chi connectivity index (χ2v) is 2.55. The first-order chi connectivity index (χ1) is 5.70. The standard InChI is InChI=1S/C7H6O4S/c8-7(11-12(9)10)6-4-2-1-3-5-6/h1-5H,(H,9,10). The topological polar surface area (TPSA) is 63.6 Å². The van der Waals surface area contributed by atoms with Crippen molar-refractivity contribution in [3.05, 3.63) is 35.9 Å². The van der Waals surface area contributed by atoms with Crippen LogP contribution in [0.25, 0.3) is 0 Å². The maximum atomic E-state index is 10.9. The lowest BCUT2D eigenvalue weighted by Crippen LogP contribution is -2.06. The molecule has 1 rings (SSSR count). The van der Waals surface area contributed by atoms with Crippen LogP contribution in [0.15, 0.2) is 30.3 Å². The van der Waals surface area contributed by atoms with E-state index in [0.29, 0.717) is 0 Å². The Labute approximate surface area is 71.7 Å². The van der Waals surface area contributed by atoms with E-state index < -0.39 is 17.3 Å². The number of benzene rings is 1.